The van der Waals surface area contributed by atoms with E-state index in [0.717, 1.165) is 6.54 Å². The van der Waals surface area contributed by atoms with Crippen molar-refractivity contribution in [3.05, 3.63) is 30.1 Å². The van der Waals surface area contributed by atoms with E-state index in [-0.39, 0.29) is 0 Å². The summed E-state index contributed by atoms with van der Waals surface area (Å²) in [4.78, 5) is 4.14. The van der Waals surface area contributed by atoms with Crippen LogP contribution < -0.4 is 5.32 Å². The summed E-state index contributed by atoms with van der Waals surface area (Å²) in [6, 6.07) is 4.15. The van der Waals surface area contributed by atoms with Crippen LogP contribution in [0.2, 0.25) is 0 Å². The third-order valence-electron chi connectivity index (χ3n) is 2.34. The van der Waals surface area contributed by atoms with Gasteiger partial charge in [-0.2, -0.15) is 0 Å². The van der Waals surface area contributed by atoms with Crippen LogP contribution in [-0.4, -0.2) is 18.6 Å². The van der Waals surface area contributed by atoms with Gasteiger partial charge >= 0.3 is 0 Å². The van der Waals surface area contributed by atoms with E-state index in [1.54, 1.807) is 0 Å². The topological polar surface area (TPSA) is 24.9 Å². The highest BCUT2D eigenvalue weighted by Crippen LogP contribution is 2.22. The minimum atomic E-state index is 0.568. The van der Waals surface area contributed by atoms with E-state index < -0.39 is 0 Å². The van der Waals surface area contributed by atoms with Crippen molar-refractivity contribution in [1.29, 1.82) is 0 Å². The molecule has 0 fully saturated rings. The van der Waals surface area contributed by atoms with Crippen LogP contribution in [-0.2, 0) is 0 Å². The Balaban J connectivity index is 2.76. The number of nitrogens with one attached hydrogen (secondary N) is 1. The maximum Gasteiger partial charge on any atom is 0.0303 e. The lowest BCUT2D eigenvalue weighted by Crippen LogP contribution is -2.21. The van der Waals surface area contributed by atoms with Gasteiger partial charge in [0.05, 0.1) is 0 Å². The normalized spacial score (nSPS) is 13.2. The molecule has 0 saturated carbocycles. The Morgan fingerprint density at radius 2 is 2.23 bits per heavy atom. The fraction of sp³-hybridized carbons (Fsp3) is 0.545. The van der Waals surface area contributed by atoms with Crippen molar-refractivity contribution in [2.24, 2.45) is 5.92 Å². The maximum absolute atomic E-state index is 4.14. The molecule has 1 atom stereocenters. The first kappa shape index (κ1) is 10.2. The van der Waals surface area contributed by atoms with Gasteiger partial charge in [0.25, 0.3) is 0 Å². The highest BCUT2D eigenvalue weighted by Gasteiger charge is 2.14. The number of rotatable bonds is 4. The fourth-order valence-corrected chi connectivity index (χ4v) is 1.55. The Morgan fingerprint density at radius 3 is 2.69 bits per heavy atom. The monoisotopic (exact) mass is 178 g/mol. The molecule has 1 rings (SSSR count). The highest BCUT2D eigenvalue weighted by molar-refractivity contribution is 5.15. The van der Waals surface area contributed by atoms with Crippen LogP contribution in [0.1, 0.15) is 25.3 Å². The molecule has 13 heavy (non-hydrogen) atoms. The molecule has 72 valence electrons. The van der Waals surface area contributed by atoms with Crippen LogP contribution >= 0.6 is 0 Å². The molecule has 1 aromatic rings. The molecule has 0 amide bonds. The van der Waals surface area contributed by atoms with Gasteiger partial charge in [0.15, 0.2) is 0 Å². The SMILES string of the molecule is CNCC(c1cccnc1)C(C)C. The summed E-state index contributed by atoms with van der Waals surface area (Å²) in [6.07, 6.45) is 3.78. The average Bonchev–Trinajstić information content (AvgIpc) is 2.15. The molecule has 2 heteroatoms. The predicted octanol–water partition coefficient (Wildman–Crippen LogP) is 2.04. The van der Waals surface area contributed by atoms with E-state index in [1.807, 2.05) is 25.5 Å². The van der Waals surface area contributed by atoms with Crippen LogP contribution in [0.4, 0.5) is 0 Å². The molecule has 0 radical (unpaired) electrons. The fourth-order valence-electron chi connectivity index (χ4n) is 1.55. The van der Waals surface area contributed by atoms with Gasteiger partial charge in [-0.15, -0.1) is 0 Å². The van der Waals surface area contributed by atoms with Gasteiger partial charge in [0.2, 0.25) is 0 Å². The van der Waals surface area contributed by atoms with E-state index in [0.29, 0.717) is 11.8 Å². The second kappa shape index (κ2) is 4.97. The molecule has 2 nitrogen and oxygen atoms in total. The zero-order chi connectivity index (χ0) is 9.68. The summed E-state index contributed by atoms with van der Waals surface area (Å²) in [5.74, 6) is 1.22. The van der Waals surface area contributed by atoms with E-state index in [2.05, 4.69) is 30.2 Å². The van der Waals surface area contributed by atoms with Crippen LogP contribution in [0.25, 0.3) is 0 Å². The zero-order valence-corrected chi connectivity index (χ0v) is 8.62. The Labute approximate surface area is 80.4 Å². The van der Waals surface area contributed by atoms with E-state index >= 15 is 0 Å². The van der Waals surface area contributed by atoms with Gasteiger partial charge in [0.1, 0.15) is 0 Å². The first-order chi connectivity index (χ1) is 6.25. The van der Waals surface area contributed by atoms with Crippen molar-refractivity contribution in [1.82, 2.24) is 10.3 Å². The second-order valence-corrected chi connectivity index (χ2v) is 3.69. The van der Waals surface area contributed by atoms with Crippen molar-refractivity contribution in [2.75, 3.05) is 13.6 Å². The maximum atomic E-state index is 4.14. The number of hydrogen-bond donors (Lipinski definition) is 1. The van der Waals surface area contributed by atoms with E-state index in [1.165, 1.54) is 5.56 Å². The Kier molecular flexibility index (Phi) is 3.90. The first-order valence-corrected chi connectivity index (χ1v) is 4.80. The highest BCUT2D eigenvalue weighted by atomic mass is 14.8. The average molecular weight is 178 g/mol. The van der Waals surface area contributed by atoms with Crippen LogP contribution in [0.5, 0.6) is 0 Å². The third kappa shape index (κ3) is 2.81. The summed E-state index contributed by atoms with van der Waals surface area (Å²) < 4.78 is 0. The molecule has 0 aliphatic carbocycles. The van der Waals surface area contributed by atoms with Crippen molar-refractivity contribution >= 4 is 0 Å². The van der Waals surface area contributed by atoms with Crippen molar-refractivity contribution in [2.45, 2.75) is 19.8 Å². The molecule has 0 aliphatic rings. The van der Waals surface area contributed by atoms with Gasteiger partial charge in [-0.05, 0) is 24.6 Å². The second-order valence-electron chi connectivity index (χ2n) is 3.69. The van der Waals surface area contributed by atoms with E-state index in [9.17, 15) is 0 Å². The first-order valence-electron chi connectivity index (χ1n) is 4.80. The summed E-state index contributed by atoms with van der Waals surface area (Å²) in [6.45, 7) is 5.51. The standard InChI is InChI=1S/C11H18N2/c1-9(2)11(8-12-3)10-5-4-6-13-7-10/h4-7,9,11-12H,8H2,1-3H3. The minimum absolute atomic E-state index is 0.568. The summed E-state index contributed by atoms with van der Waals surface area (Å²) in [5, 5.41) is 3.22. The van der Waals surface area contributed by atoms with Crippen LogP contribution in [0.3, 0.4) is 0 Å². The lowest BCUT2D eigenvalue weighted by molar-refractivity contribution is 0.477. The lowest BCUT2D eigenvalue weighted by atomic mass is 9.89. The lowest BCUT2D eigenvalue weighted by Gasteiger charge is -2.20. The molecule has 0 aromatic carbocycles. The molecule has 0 bridgehead atoms. The molecule has 0 spiro atoms. The molecule has 1 unspecified atom stereocenters. The van der Waals surface area contributed by atoms with Crippen molar-refractivity contribution in [3.63, 3.8) is 0 Å². The largest absolute Gasteiger partial charge is 0.319 e. The summed E-state index contributed by atoms with van der Waals surface area (Å²) in [5.41, 5.74) is 1.33. The Hall–Kier alpha value is -0.890. The van der Waals surface area contributed by atoms with Crippen LogP contribution in [0.15, 0.2) is 24.5 Å². The van der Waals surface area contributed by atoms with Crippen molar-refractivity contribution < 1.29 is 0 Å². The van der Waals surface area contributed by atoms with E-state index in [4.69, 9.17) is 0 Å². The Bertz CT molecular complexity index is 231. The smallest absolute Gasteiger partial charge is 0.0303 e. The third-order valence-corrected chi connectivity index (χ3v) is 2.34. The molecule has 0 saturated heterocycles. The molecule has 1 heterocycles. The Morgan fingerprint density at radius 1 is 1.46 bits per heavy atom. The van der Waals surface area contributed by atoms with Gasteiger partial charge in [-0.1, -0.05) is 19.9 Å². The summed E-state index contributed by atoms with van der Waals surface area (Å²) in [7, 11) is 1.99. The summed E-state index contributed by atoms with van der Waals surface area (Å²) >= 11 is 0. The molecule has 1 aromatic heterocycles. The minimum Gasteiger partial charge on any atom is -0.319 e. The van der Waals surface area contributed by atoms with Gasteiger partial charge in [0, 0.05) is 24.9 Å². The van der Waals surface area contributed by atoms with Crippen molar-refractivity contribution in [3.8, 4) is 0 Å². The number of hydrogen-bond acceptors (Lipinski definition) is 2. The number of likely N-dealkylation sites (N-methyl/N-ethyl adjacent to an activating group) is 1. The quantitative estimate of drug-likeness (QED) is 0.763. The molecule has 0 aliphatic heterocycles. The molecular formula is C11H18N2. The van der Waals surface area contributed by atoms with Gasteiger partial charge in [-0.3, -0.25) is 4.98 Å². The number of nitrogens with zero attached hydrogens (tertiary/aromatic N) is 1. The van der Waals surface area contributed by atoms with Crippen LogP contribution in [0, 0.1) is 5.92 Å². The predicted molar refractivity (Wildman–Crippen MR) is 55.7 cm³/mol. The van der Waals surface area contributed by atoms with Gasteiger partial charge < -0.3 is 5.32 Å². The molecule has 1 N–H and O–H groups in total. The molecular weight excluding hydrogens is 160 g/mol. The number of aromatic nitrogens is 1. The van der Waals surface area contributed by atoms with Gasteiger partial charge in [-0.25, -0.2) is 0 Å². The number of pyridine rings is 1. The zero-order valence-electron chi connectivity index (χ0n) is 8.62.